The highest BCUT2D eigenvalue weighted by atomic mass is 28.3. The minimum atomic E-state index is -3.68. The Labute approximate surface area is 342 Å². The molecule has 4 nitrogen and oxygen atoms in total. The maximum Gasteiger partial charge on any atom is 0.331 e. The van der Waals surface area contributed by atoms with Crippen LogP contribution in [0.25, 0.3) is 33.9 Å². The first-order chi connectivity index (χ1) is 30.4. The molecule has 10 rings (SSSR count). The lowest BCUT2D eigenvalue weighted by Gasteiger charge is -2.37. The van der Waals surface area contributed by atoms with Crippen molar-refractivity contribution < 1.29 is 6.85 Å². The van der Waals surface area contributed by atoms with E-state index in [2.05, 4.69) is 77.6 Å². The molecule has 0 radical (unpaired) electrons. The average molecular weight is 750 g/mol. The molecule has 0 aliphatic carbocycles. The van der Waals surface area contributed by atoms with Gasteiger partial charge in [0.15, 0.2) is 19.7 Å². The third-order valence-corrected chi connectivity index (χ3v) is 15.4. The van der Waals surface area contributed by atoms with Crippen LogP contribution in [0.4, 0.5) is 11.6 Å². The predicted molar refractivity (Wildman–Crippen MR) is 240 cm³/mol. The van der Waals surface area contributed by atoms with Crippen LogP contribution in [-0.2, 0) is 0 Å². The summed E-state index contributed by atoms with van der Waals surface area (Å²) in [6.07, 6.45) is 0. The first-order valence-electron chi connectivity index (χ1n) is 21.5. The molecule has 57 heavy (non-hydrogen) atoms. The highest BCUT2D eigenvalue weighted by molar-refractivity contribution is 7.19. The van der Waals surface area contributed by atoms with Crippen molar-refractivity contribution in [2.45, 2.75) is 0 Å². The standard InChI is InChI=1S/C51H37BN4Si/c1-6-21-38(22-7-1)49-53-50(55-51(54-49)56-48-36-19-17-34-46(48)45-33-16-18-35-47(45)52(56)40-24-8-2-9-25-40)39-23-20-32-44(37-39)57(41-26-10-3-11-27-41,42-28-12-4-13-29-42)43-30-14-5-15-31-43/h1-37H/i3D,10D,11D,26D,27D. The SMILES string of the molecule is [2H]c1c([2H])c([2H])c([Si](c2ccccc2)(c2ccccc2)c2cccc(-c3nc(-c4ccccc4)nc(N4B(c5ccccc5)c5ccccc5-c5ccccc54)n3)c2)c([2H])c1[2H]. The largest absolute Gasteiger partial charge is 0.345 e. The molecule has 6 heteroatoms. The lowest BCUT2D eigenvalue weighted by atomic mass is 9.46. The maximum atomic E-state index is 9.45. The Hall–Kier alpha value is -7.15. The van der Waals surface area contributed by atoms with Gasteiger partial charge in [0.25, 0.3) is 0 Å². The lowest BCUT2D eigenvalue weighted by molar-refractivity contribution is 1.04. The predicted octanol–water partition coefficient (Wildman–Crippen LogP) is 7.51. The number of benzene rings is 8. The van der Waals surface area contributed by atoms with Crippen LogP contribution in [0.5, 0.6) is 0 Å². The number of anilines is 2. The summed E-state index contributed by atoms with van der Waals surface area (Å²) in [6, 6.07) is 63.3. The summed E-state index contributed by atoms with van der Waals surface area (Å²) >= 11 is 0. The molecule has 1 aliphatic heterocycles. The van der Waals surface area contributed by atoms with Crippen LogP contribution < -0.4 is 36.5 Å². The normalized spacial score (nSPS) is 13.4. The fourth-order valence-corrected chi connectivity index (χ4v) is 12.8. The van der Waals surface area contributed by atoms with E-state index in [4.69, 9.17) is 19.1 Å². The van der Waals surface area contributed by atoms with Gasteiger partial charge in [0.05, 0.1) is 6.85 Å². The van der Waals surface area contributed by atoms with Crippen molar-refractivity contribution in [1.29, 1.82) is 0 Å². The summed E-state index contributed by atoms with van der Waals surface area (Å²) in [5.41, 5.74) is 6.91. The Kier molecular flexibility index (Phi) is 7.59. The molecule has 0 saturated heterocycles. The zero-order chi connectivity index (χ0) is 42.4. The van der Waals surface area contributed by atoms with Gasteiger partial charge in [-0.1, -0.05) is 224 Å². The van der Waals surface area contributed by atoms with Crippen LogP contribution >= 0.6 is 0 Å². The molecule has 8 aromatic carbocycles. The zero-order valence-electron chi connectivity index (χ0n) is 35.8. The van der Waals surface area contributed by atoms with Crippen LogP contribution in [0.2, 0.25) is 0 Å². The summed E-state index contributed by atoms with van der Waals surface area (Å²) in [5.74, 6) is 1.40. The number of aromatic nitrogens is 3. The van der Waals surface area contributed by atoms with Crippen molar-refractivity contribution in [3.05, 3.63) is 224 Å². The van der Waals surface area contributed by atoms with Gasteiger partial charge in [-0.3, -0.25) is 0 Å². The topological polar surface area (TPSA) is 41.9 Å². The van der Waals surface area contributed by atoms with E-state index in [9.17, 15) is 2.74 Å². The van der Waals surface area contributed by atoms with E-state index in [1.54, 1.807) is 0 Å². The zero-order valence-corrected chi connectivity index (χ0v) is 31.8. The van der Waals surface area contributed by atoms with Gasteiger partial charge in [-0.15, -0.1) is 0 Å². The smallest absolute Gasteiger partial charge is 0.331 e. The number of hydrogen-bond acceptors (Lipinski definition) is 4. The van der Waals surface area contributed by atoms with Crippen molar-refractivity contribution in [3.8, 4) is 33.9 Å². The fraction of sp³-hybridized carbons (Fsp3) is 0. The maximum absolute atomic E-state index is 9.45. The van der Waals surface area contributed by atoms with Crippen LogP contribution in [0, 0.1) is 0 Å². The Morgan fingerprint density at radius 2 is 0.965 bits per heavy atom. The van der Waals surface area contributed by atoms with Gasteiger partial charge in [0, 0.05) is 22.4 Å². The quantitative estimate of drug-likeness (QED) is 0.119. The van der Waals surface area contributed by atoms with Gasteiger partial charge < -0.3 is 4.81 Å². The fourth-order valence-electron chi connectivity index (χ4n) is 8.31. The third kappa shape index (κ3) is 6.08. The molecule has 0 saturated carbocycles. The minimum Gasteiger partial charge on any atom is -0.345 e. The summed E-state index contributed by atoms with van der Waals surface area (Å²) in [7, 11) is -3.68. The molecule has 1 aliphatic rings. The van der Waals surface area contributed by atoms with Gasteiger partial charge in [0.1, 0.15) is 0 Å². The van der Waals surface area contributed by atoms with E-state index < -0.39 is 14.1 Å². The molecule has 2 heterocycles. The second kappa shape index (κ2) is 14.8. The molecule has 0 N–H and O–H groups in total. The van der Waals surface area contributed by atoms with Crippen molar-refractivity contribution in [2.24, 2.45) is 0 Å². The molecular weight excluding hydrogens is 707 g/mol. The van der Waals surface area contributed by atoms with Gasteiger partial charge in [-0.05, 0) is 37.8 Å². The van der Waals surface area contributed by atoms with Gasteiger partial charge >= 0.3 is 6.85 Å². The highest BCUT2D eigenvalue weighted by Gasteiger charge is 2.42. The molecule has 0 atom stereocenters. The van der Waals surface area contributed by atoms with Crippen LogP contribution in [0.1, 0.15) is 6.85 Å². The third-order valence-electron chi connectivity index (χ3n) is 10.8. The Bertz CT molecular complexity index is 3040. The first kappa shape index (κ1) is 29.2. The number of rotatable bonds is 8. The molecule has 0 amide bonds. The Morgan fingerprint density at radius 1 is 0.439 bits per heavy atom. The van der Waals surface area contributed by atoms with E-state index in [0.29, 0.717) is 23.2 Å². The van der Waals surface area contributed by atoms with E-state index in [1.807, 2.05) is 121 Å². The molecule has 0 fully saturated rings. The number of para-hydroxylation sites is 1. The molecule has 0 bridgehead atoms. The van der Waals surface area contributed by atoms with E-state index in [1.165, 1.54) is 0 Å². The summed E-state index contributed by atoms with van der Waals surface area (Å²) in [6.45, 7) is -0.271. The lowest BCUT2D eigenvalue weighted by Crippen LogP contribution is -2.74. The van der Waals surface area contributed by atoms with Crippen LogP contribution in [0.3, 0.4) is 0 Å². The van der Waals surface area contributed by atoms with E-state index in [-0.39, 0.29) is 36.2 Å². The molecule has 268 valence electrons. The number of nitrogens with zero attached hydrogens (tertiary/aromatic N) is 4. The molecule has 0 spiro atoms. The van der Waals surface area contributed by atoms with Crippen LogP contribution in [-0.4, -0.2) is 29.9 Å². The molecule has 9 aromatic rings. The minimum absolute atomic E-state index is 0.217. The van der Waals surface area contributed by atoms with Crippen LogP contribution in [0.15, 0.2) is 224 Å². The summed E-state index contributed by atoms with van der Waals surface area (Å²) in [4.78, 5) is 18.1. The monoisotopic (exact) mass is 749 g/mol. The molecular formula is C51H37BN4Si. The number of hydrogen-bond donors (Lipinski definition) is 0. The Balaban J connectivity index is 1.26. The Morgan fingerprint density at radius 3 is 1.65 bits per heavy atom. The van der Waals surface area contributed by atoms with Crippen molar-refractivity contribution in [1.82, 2.24) is 15.0 Å². The average Bonchev–Trinajstić information content (AvgIpc) is 3.34. The van der Waals surface area contributed by atoms with Gasteiger partial charge in [-0.2, -0.15) is 9.97 Å². The second-order valence-corrected chi connectivity index (χ2v) is 17.7. The van der Waals surface area contributed by atoms with Crippen molar-refractivity contribution in [2.75, 3.05) is 4.81 Å². The van der Waals surface area contributed by atoms with E-state index in [0.717, 1.165) is 48.9 Å². The van der Waals surface area contributed by atoms with Gasteiger partial charge in [-0.25, -0.2) is 4.98 Å². The summed E-state index contributed by atoms with van der Waals surface area (Å²) < 4.78 is 45.2. The first-order valence-corrected chi connectivity index (χ1v) is 21.0. The summed E-state index contributed by atoms with van der Waals surface area (Å²) in [5, 5.41) is 2.84. The highest BCUT2D eigenvalue weighted by Crippen LogP contribution is 2.39. The second-order valence-electron chi connectivity index (χ2n) is 14.0. The van der Waals surface area contributed by atoms with Crippen molar-refractivity contribution >= 4 is 58.2 Å². The van der Waals surface area contributed by atoms with Gasteiger partial charge in [0.2, 0.25) is 5.95 Å². The molecule has 0 unspecified atom stereocenters. The molecule has 1 aromatic heterocycles. The van der Waals surface area contributed by atoms with E-state index >= 15 is 0 Å². The number of fused-ring (bicyclic) bond motifs is 3. The van der Waals surface area contributed by atoms with Crippen molar-refractivity contribution in [3.63, 3.8) is 0 Å².